The Morgan fingerprint density at radius 2 is 2.03 bits per heavy atom. The van der Waals surface area contributed by atoms with Crippen LogP contribution in [0.25, 0.3) is 10.6 Å². The zero-order chi connectivity index (χ0) is 20.6. The van der Waals surface area contributed by atoms with Crippen molar-refractivity contribution < 1.29 is 19.1 Å². The molecule has 1 aliphatic rings. The first-order valence-electron chi connectivity index (χ1n) is 9.86. The molecule has 0 aliphatic carbocycles. The molecule has 0 saturated carbocycles. The molecule has 156 valence electrons. The Balaban J connectivity index is 1.52. The summed E-state index contributed by atoms with van der Waals surface area (Å²) in [6.07, 6.45) is 4.55. The molecule has 1 aromatic carbocycles. The fourth-order valence-corrected chi connectivity index (χ4v) is 4.11. The Morgan fingerprint density at radius 1 is 1.21 bits per heavy atom. The summed E-state index contributed by atoms with van der Waals surface area (Å²) in [4.78, 5) is 30.8. The number of nitrogens with one attached hydrogen (secondary N) is 1. The van der Waals surface area contributed by atoms with Crippen LogP contribution in [-0.4, -0.2) is 55.6 Å². The number of benzene rings is 1. The van der Waals surface area contributed by atoms with Gasteiger partial charge in [0, 0.05) is 37.0 Å². The minimum Gasteiger partial charge on any atom is -0.493 e. The number of hydrogen-bond donors (Lipinski definition) is 1. The van der Waals surface area contributed by atoms with Crippen molar-refractivity contribution >= 4 is 23.2 Å². The van der Waals surface area contributed by atoms with E-state index < -0.39 is 0 Å². The molecule has 1 aromatic heterocycles. The van der Waals surface area contributed by atoms with Crippen LogP contribution in [0.2, 0.25) is 0 Å². The predicted molar refractivity (Wildman–Crippen MR) is 113 cm³/mol. The van der Waals surface area contributed by atoms with Crippen LogP contribution in [0.1, 0.15) is 42.6 Å². The van der Waals surface area contributed by atoms with Gasteiger partial charge in [-0.15, -0.1) is 11.3 Å². The van der Waals surface area contributed by atoms with Crippen molar-refractivity contribution in [3.8, 4) is 22.1 Å². The number of ether oxygens (including phenoxy) is 2. The second kappa shape index (κ2) is 10.2. The lowest BCUT2D eigenvalue weighted by Gasteiger charge is -2.20. The number of hydrogen-bond acceptors (Lipinski definition) is 6. The Bertz CT molecular complexity index is 852. The molecule has 2 heterocycles. The summed E-state index contributed by atoms with van der Waals surface area (Å²) in [5.74, 6) is 1.30. The number of thiazole rings is 1. The molecule has 1 saturated heterocycles. The monoisotopic (exact) mass is 417 g/mol. The van der Waals surface area contributed by atoms with E-state index >= 15 is 0 Å². The van der Waals surface area contributed by atoms with Gasteiger partial charge in [0.2, 0.25) is 5.91 Å². The lowest BCUT2D eigenvalue weighted by molar-refractivity contribution is -0.130. The average molecular weight is 418 g/mol. The fourth-order valence-electron chi connectivity index (χ4n) is 3.32. The molecule has 0 bridgehead atoms. The summed E-state index contributed by atoms with van der Waals surface area (Å²) >= 11 is 1.41. The zero-order valence-corrected chi connectivity index (χ0v) is 17.7. The maximum absolute atomic E-state index is 12.4. The molecule has 0 spiro atoms. The highest BCUT2D eigenvalue weighted by atomic mass is 32.1. The van der Waals surface area contributed by atoms with E-state index in [1.807, 2.05) is 23.1 Å². The molecular formula is C21H27N3O4S. The quantitative estimate of drug-likeness (QED) is 0.666. The maximum atomic E-state index is 12.4. The highest BCUT2D eigenvalue weighted by Gasteiger charge is 2.17. The van der Waals surface area contributed by atoms with E-state index in [2.05, 4.69) is 10.3 Å². The lowest BCUT2D eigenvalue weighted by atomic mass is 10.2. The zero-order valence-electron chi connectivity index (χ0n) is 16.9. The van der Waals surface area contributed by atoms with Gasteiger partial charge in [0.05, 0.1) is 14.2 Å². The molecule has 1 aliphatic heterocycles. The van der Waals surface area contributed by atoms with Gasteiger partial charge in [-0.2, -0.15) is 0 Å². The van der Waals surface area contributed by atoms with Crippen LogP contribution in [0, 0.1) is 0 Å². The van der Waals surface area contributed by atoms with Crippen LogP contribution < -0.4 is 14.8 Å². The molecule has 1 fully saturated rings. The van der Waals surface area contributed by atoms with Crippen LogP contribution in [0.4, 0.5) is 0 Å². The normalized spacial score (nSPS) is 14.4. The number of likely N-dealkylation sites (tertiary alicyclic amines) is 1. The number of carbonyl (C=O) groups excluding carboxylic acids is 2. The molecule has 3 rings (SSSR count). The van der Waals surface area contributed by atoms with Crippen molar-refractivity contribution in [3.63, 3.8) is 0 Å². The SMILES string of the molecule is COc1ccc(-c2nc(C(=O)NCCCN3CCCCCC3=O)cs2)cc1OC. The molecule has 7 nitrogen and oxygen atoms in total. The summed E-state index contributed by atoms with van der Waals surface area (Å²) in [7, 11) is 3.17. The third-order valence-electron chi connectivity index (χ3n) is 4.93. The van der Waals surface area contributed by atoms with Crippen LogP contribution in [0.5, 0.6) is 11.5 Å². The largest absolute Gasteiger partial charge is 0.493 e. The molecule has 8 heteroatoms. The number of carbonyl (C=O) groups is 2. The second-order valence-corrected chi connectivity index (χ2v) is 7.77. The topological polar surface area (TPSA) is 80.8 Å². The van der Waals surface area contributed by atoms with E-state index in [1.54, 1.807) is 19.6 Å². The second-order valence-electron chi connectivity index (χ2n) is 6.91. The molecule has 2 amide bonds. The smallest absolute Gasteiger partial charge is 0.270 e. The fraction of sp³-hybridized carbons (Fsp3) is 0.476. The molecule has 2 aromatic rings. The minimum atomic E-state index is -0.199. The Labute approximate surface area is 175 Å². The number of rotatable bonds is 8. The van der Waals surface area contributed by atoms with E-state index in [-0.39, 0.29) is 11.8 Å². The lowest BCUT2D eigenvalue weighted by Crippen LogP contribution is -2.34. The number of methoxy groups -OCH3 is 2. The van der Waals surface area contributed by atoms with Crippen LogP contribution in [0.3, 0.4) is 0 Å². The van der Waals surface area contributed by atoms with Gasteiger partial charge >= 0.3 is 0 Å². The summed E-state index contributed by atoms with van der Waals surface area (Å²) in [5, 5.41) is 5.39. The van der Waals surface area contributed by atoms with E-state index in [0.29, 0.717) is 36.7 Å². The van der Waals surface area contributed by atoms with E-state index in [9.17, 15) is 9.59 Å². The summed E-state index contributed by atoms with van der Waals surface area (Å²) < 4.78 is 10.6. The first-order valence-corrected chi connectivity index (χ1v) is 10.7. The molecule has 1 N–H and O–H groups in total. The third kappa shape index (κ3) is 5.47. The van der Waals surface area contributed by atoms with Crippen molar-refractivity contribution in [1.29, 1.82) is 0 Å². The Kier molecular flexibility index (Phi) is 7.46. The highest BCUT2D eigenvalue weighted by Crippen LogP contribution is 2.33. The molecule has 0 unspecified atom stereocenters. The van der Waals surface area contributed by atoms with Gasteiger partial charge in [-0.25, -0.2) is 4.98 Å². The van der Waals surface area contributed by atoms with E-state index in [0.717, 1.165) is 42.8 Å². The average Bonchev–Trinajstić information content (AvgIpc) is 3.15. The Hall–Kier alpha value is -2.61. The van der Waals surface area contributed by atoms with Crippen molar-refractivity contribution in [1.82, 2.24) is 15.2 Å². The maximum Gasteiger partial charge on any atom is 0.270 e. The molecule has 0 radical (unpaired) electrons. The van der Waals surface area contributed by atoms with Gasteiger partial charge in [0.15, 0.2) is 11.5 Å². The Morgan fingerprint density at radius 3 is 2.83 bits per heavy atom. The number of aromatic nitrogens is 1. The summed E-state index contributed by atoms with van der Waals surface area (Å²) in [6, 6.07) is 5.55. The van der Waals surface area contributed by atoms with Crippen LogP contribution in [-0.2, 0) is 4.79 Å². The van der Waals surface area contributed by atoms with Gasteiger partial charge < -0.3 is 19.7 Å². The van der Waals surface area contributed by atoms with Gasteiger partial charge in [-0.3, -0.25) is 9.59 Å². The number of amides is 2. The summed E-state index contributed by atoms with van der Waals surface area (Å²) in [6.45, 7) is 2.03. The van der Waals surface area contributed by atoms with Crippen molar-refractivity contribution in [2.24, 2.45) is 0 Å². The van der Waals surface area contributed by atoms with Gasteiger partial charge in [0.25, 0.3) is 5.91 Å². The summed E-state index contributed by atoms with van der Waals surface area (Å²) in [5.41, 5.74) is 1.26. The van der Waals surface area contributed by atoms with Crippen molar-refractivity contribution in [2.45, 2.75) is 32.1 Å². The highest BCUT2D eigenvalue weighted by molar-refractivity contribution is 7.13. The number of nitrogens with zero attached hydrogens (tertiary/aromatic N) is 2. The van der Waals surface area contributed by atoms with E-state index in [1.165, 1.54) is 11.3 Å². The van der Waals surface area contributed by atoms with Crippen LogP contribution in [0.15, 0.2) is 23.6 Å². The van der Waals surface area contributed by atoms with Crippen molar-refractivity contribution in [2.75, 3.05) is 33.9 Å². The van der Waals surface area contributed by atoms with Gasteiger partial charge in [-0.1, -0.05) is 6.42 Å². The minimum absolute atomic E-state index is 0.199. The first-order chi connectivity index (χ1) is 14.1. The standard InChI is InChI=1S/C21H27N3O4S/c1-27-17-9-8-15(13-18(17)28-2)21-23-16(14-29-21)20(26)22-10-6-12-24-11-5-3-4-7-19(24)25/h8-9,13-14H,3-7,10-12H2,1-2H3,(H,22,26). The van der Waals surface area contributed by atoms with E-state index in [4.69, 9.17) is 9.47 Å². The molecular weight excluding hydrogens is 390 g/mol. The predicted octanol–water partition coefficient (Wildman–Crippen LogP) is 3.35. The third-order valence-corrected chi connectivity index (χ3v) is 5.82. The van der Waals surface area contributed by atoms with Crippen molar-refractivity contribution in [3.05, 3.63) is 29.3 Å². The first kappa shape index (κ1) is 21.1. The molecule has 0 atom stereocenters. The van der Waals surface area contributed by atoms with Gasteiger partial charge in [-0.05, 0) is 37.5 Å². The molecule has 29 heavy (non-hydrogen) atoms. The van der Waals surface area contributed by atoms with Crippen LogP contribution >= 0.6 is 11.3 Å². The van der Waals surface area contributed by atoms with Gasteiger partial charge in [0.1, 0.15) is 10.7 Å².